The summed E-state index contributed by atoms with van der Waals surface area (Å²) in [6.45, 7) is 1.46. The lowest BCUT2D eigenvalue weighted by molar-refractivity contribution is 0.0690. The van der Waals surface area contributed by atoms with Gasteiger partial charge >= 0.3 is 5.97 Å². The Hall–Kier alpha value is -2.43. The Kier molecular flexibility index (Phi) is 2.74. The molecule has 1 aromatic heterocycles. The molecule has 0 fully saturated rings. The first-order valence-electron chi connectivity index (χ1n) is 4.88. The molecule has 5 heteroatoms. The van der Waals surface area contributed by atoms with E-state index >= 15 is 0 Å². The van der Waals surface area contributed by atoms with Crippen LogP contribution in [-0.2, 0) is 0 Å². The van der Waals surface area contributed by atoms with Crippen LogP contribution in [0, 0.1) is 0 Å². The van der Waals surface area contributed by atoms with Crippen molar-refractivity contribution < 1.29 is 19.1 Å². The topological polar surface area (TPSA) is 80.4 Å². The van der Waals surface area contributed by atoms with E-state index in [1.54, 1.807) is 24.3 Å². The maximum absolute atomic E-state index is 11.2. The number of benzene rings is 1. The summed E-state index contributed by atoms with van der Waals surface area (Å²) in [6.07, 6.45) is 1.07. The van der Waals surface area contributed by atoms with Gasteiger partial charge in [-0.05, 0) is 19.1 Å². The molecule has 2 aromatic rings. The van der Waals surface area contributed by atoms with Gasteiger partial charge in [0.1, 0.15) is 6.26 Å². The Bertz CT molecular complexity index is 586. The molecule has 0 radical (unpaired) electrons. The van der Waals surface area contributed by atoms with Crippen molar-refractivity contribution in [1.29, 1.82) is 0 Å². The minimum atomic E-state index is -1.15. The molecular weight excluding hydrogens is 222 g/mol. The first-order valence-corrected chi connectivity index (χ1v) is 4.88. The highest BCUT2D eigenvalue weighted by Crippen LogP contribution is 2.20. The maximum atomic E-state index is 11.2. The first kappa shape index (κ1) is 11.1. The Morgan fingerprint density at radius 1 is 1.35 bits per heavy atom. The fourth-order valence-corrected chi connectivity index (χ4v) is 1.38. The number of carbonyl (C=O) groups excluding carboxylic acids is 1. The quantitative estimate of drug-likeness (QED) is 0.819. The first-order chi connectivity index (χ1) is 8.08. The zero-order valence-electron chi connectivity index (χ0n) is 9.01. The molecule has 5 nitrogen and oxygen atoms in total. The monoisotopic (exact) mass is 231 g/mol. The van der Waals surface area contributed by atoms with Gasteiger partial charge in [-0.2, -0.15) is 0 Å². The van der Waals surface area contributed by atoms with E-state index in [4.69, 9.17) is 9.52 Å². The van der Waals surface area contributed by atoms with E-state index in [-0.39, 0.29) is 17.4 Å². The molecule has 17 heavy (non-hydrogen) atoms. The lowest BCUT2D eigenvalue weighted by Crippen LogP contribution is -1.96. The molecule has 0 aliphatic heterocycles. The molecular formula is C12H9NO4. The zero-order valence-corrected chi connectivity index (χ0v) is 9.01. The van der Waals surface area contributed by atoms with Crippen LogP contribution in [0.1, 0.15) is 27.8 Å². The molecule has 0 saturated carbocycles. The standard InChI is InChI=1S/C12H9NO4/c1-7(14)8-3-2-4-9(5-8)11-13-10(6-17-11)12(15)16/h2-6H,1H3,(H,15,16). The zero-order chi connectivity index (χ0) is 12.4. The van der Waals surface area contributed by atoms with Crippen molar-refractivity contribution >= 4 is 11.8 Å². The molecule has 0 aliphatic carbocycles. The molecule has 0 atom stereocenters. The molecule has 0 bridgehead atoms. The number of oxazole rings is 1. The second-order valence-corrected chi connectivity index (χ2v) is 3.48. The highest BCUT2D eigenvalue weighted by atomic mass is 16.4. The van der Waals surface area contributed by atoms with Crippen LogP contribution in [0.5, 0.6) is 0 Å². The number of carbonyl (C=O) groups is 2. The van der Waals surface area contributed by atoms with Crippen LogP contribution in [0.25, 0.3) is 11.5 Å². The van der Waals surface area contributed by atoms with Gasteiger partial charge in [-0.3, -0.25) is 4.79 Å². The number of carboxylic acids is 1. The lowest BCUT2D eigenvalue weighted by atomic mass is 10.1. The number of Topliss-reactive ketones (excluding diaryl/α,β-unsaturated/α-hetero) is 1. The summed E-state index contributed by atoms with van der Waals surface area (Å²) in [4.78, 5) is 25.6. The Labute approximate surface area is 96.7 Å². The summed E-state index contributed by atoms with van der Waals surface area (Å²) in [6, 6.07) is 6.67. The largest absolute Gasteiger partial charge is 0.476 e. The number of aromatic nitrogens is 1. The molecule has 1 aromatic carbocycles. The third-order valence-electron chi connectivity index (χ3n) is 2.24. The number of hydrogen-bond acceptors (Lipinski definition) is 4. The van der Waals surface area contributed by atoms with Crippen molar-refractivity contribution in [3.63, 3.8) is 0 Å². The molecule has 0 aliphatic rings. The molecule has 0 saturated heterocycles. The average Bonchev–Trinajstić information content (AvgIpc) is 2.78. The van der Waals surface area contributed by atoms with E-state index in [0.717, 1.165) is 6.26 Å². The van der Waals surface area contributed by atoms with Gasteiger partial charge in [-0.15, -0.1) is 0 Å². The number of ketones is 1. The normalized spacial score (nSPS) is 10.2. The summed E-state index contributed by atoms with van der Waals surface area (Å²) in [5.74, 6) is -1.04. The fraction of sp³-hybridized carbons (Fsp3) is 0.0833. The van der Waals surface area contributed by atoms with Crippen LogP contribution in [0.15, 0.2) is 34.9 Å². The van der Waals surface area contributed by atoms with Gasteiger partial charge in [0.15, 0.2) is 11.5 Å². The molecule has 86 valence electrons. The Morgan fingerprint density at radius 3 is 2.71 bits per heavy atom. The average molecular weight is 231 g/mol. The Balaban J connectivity index is 2.42. The van der Waals surface area contributed by atoms with E-state index in [2.05, 4.69) is 4.98 Å². The van der Waals surface area contributed by atoms with Crippen molar-refractivity contribution in [1.82, 2.24) is 4.98 Å². The fourth-order valence-electron chi connectivity index (χ4n) is 1.38. The summed E-state index contributed by atoms with van der Waals surface area (Å²) >= 11 is 0. The van der Waals surface area contributed by atoms with Crippen molar-refractivity contribution in [2.75, 3.05) is 0 Å². The number of rotatable bonds is 3. The summed E-state index contributed by atoms with van der Waals surface area (Å²) in [5, 5.41) is 8.71. The maximum Gasteiger partial charge on any atom is 0.357 e. The van der Waals surface area contributed by atoms with Gasteiger partial charge in [-0.1, -0.05) is 12.1 Å². The number of carboxylic acid groups (broad SMARTS) is 1. The Morgan fingerprint density at radius 2 is 2.12 bits per heavy atom. The van der Waals surface area contributed by atoms with Gasteiger partial charge in [0.05, 0.1) is 0 Å². The minimum absolute atomic E-state index is 0.0723. The summed E-state index contributed by atoms with van der Waals surface area (Å²) < 4.78 is 5.04. The van der Waals surface area contributed by atoms with Crippen LogP contribution in [0.4, 0.5) is 0 Å². The molecule has 1 N–H and O–H groups in total. The van der Waals surface area contributed by atoms with Gasteiger partial charge < -0.3 is 9.52 Å². The van der Waals surface area contributed by atoms with E-state index in [9.17, 15) is 9.59 Å². The van der Waals surface area contributed by atoms with Crippen molar-refractivity contribution in [3.05, 3.63) is 41.8 Å². The van der Waals surface area contributed by atoms with Crippen LogP contribution < -0.4 is 0 Å². The van der Waals surface area contributed by atoms with Crippen LogP contribution in [-0.4, -0.2) is 21.8 Å². The predicted molar refractivity (Wildman–Crippen MR) is 58.9 cm³/mol. The van der Waals surface area contributed by atoms with Crippen LogP contribution in [0.2, 0.25) is 0 Å². The van der Waals surface area contributed by atoms with E-state index in [1.165, 1.54) is 6.92 Å². The summed E-state index contributed by atoms with van der Waals surface area (Å²) in [7, 11) is 0. The van der Waals surface area contributed by atoms with Gasteiger partial charge in [0, 0.05) is 11.1 Å². The smallest absolute Gasteiger partial charge is 0.357 e. The number of aromatic carboxylic acids is 1. The van der Waals surface area contributed by atoms with Gasteiger partial charge in [-0.25, -0.2) is 9.78 Å². The third-order valence-corrected chi connectivity index (χ3v) is 2.24. The minimum Gasteiger partial charge on any atom is -0.476 e. The van der Waals surface area contributed by atoms with Crippen molar-refractivity contribution in [3.8, 4) is 11.5 Å². The lowest BCUT2D eigenvalue weighted by Gasteiger charge is -1.98. The van der Waals surface area contributed by atoms with E-state index in [0.29, 0.717) is 11.1 Å². The molecule has 2 rings (SSSR count). The highest BCUT2D eigenvalue weighted by Gasteiger charge is 2.12. The van der Waals surface area contributed by atoms with Gasteiger partial charge in [0.25, 0.3) is 0 Å². The summed E-state index contributed by atoms with van der Waals surface area (Å²) in [5.41, 5.74) is 0.941. The van der Waals surface area contributed by atoms with E-state index in [1.807, 2.05) is 0 Å². The number of nitrogens with zero attached hydrogens (tertiary/aromatic N) is 1. The molecule has 0 unspecified atom stereocenters. The van der Waals surface area contributed by atoms with Gasteiger partial charge in [0.2, 0.25) is 5.89 Å². The van der Waals surface area contributed by atoms with Crippen LogP contribution >= 0.6 is 0 Å². The third kappa shape index (κ3) is 2.23. The van der Waals surface area contributed by atoms with Crippen molar-refractivity contribution in [2.24, 2.45) is 0 Å². The second-order valence-electron chi connectivity index (χ2n) is 3.48. The number of hydrogen-bond donors (Lipinski definition) is 1. The predicted octanol–water partition coefficient (Wildman–Crippen LogP) is 2.24. The second kappa shape index (κ2) is 4.21. The molecule has 0 amide bonds. The molecule has 1 heterocycles. The molecule has 0 spiro atoms. The van der Waals surface area contributed by atoms with Crippen LogP contribution in [0.3, 0.4) is 0 Å². The van der Waals surface area contributed by atoms with Crippen molar-refractivity contribution in [2.45, 2.75) is 6.92 Å². The SMILES string of the molecule is CC(=O)c1cccc(-c2nc(C(=O)O)co2)c1. The highest BCUT2D eigenvalue weighted by molar-refractivity contribution is 5.95. The van der Waals surface area contributed by atoms with E-state index < -0.39 is 5.97 Å².